The van der Waals surface area contributed by atoms with Gasteiger partial charge in [0.2, 0.25) is 0 Å². The summed E-state index contributed by atoms with van der Waals surface area (Å²) in [4.78, 5) is 7.78. The third-order valence-electron chi connectivity index (χ3n) is 5.07. The van der Waals surface area contributed by atoms with Crippen molar-refractivity contribution >= 4 is 16.8 Å². The van der Waals surface area contributed by atoms with Crippen LogP contribution in [0.2, 0.25) is 0 Å². The summed E-state index contributed by atoms with van der Waals surface area (Å²) in [6, 6.07) is 8.59. The van der Waals surface area contributed by atoms with E-state index >= 15 is 0 Å². The summed E-state index contributed by atoms with van der Waals surface area (Å²) in [7, 11) is 0. The number of benzene rings is 1. The van der Waals surface area contributed by atoms with Gasteiger partial charge in [0.25, 0.3) is 0 Å². The van der Waals surface area contributed by atoms with Crippen LogP contribution < -0.4 is 4.90 Å². The number of anilines is 1. The van der Waals surface area contributed by atoms with E-state index < -0.39 is 0 Å². The zero-order valence-electron chi connectivity index (χ0n) is 13.0. The van der Waals surface area contributed by atoms with E-state index in [0.29, 0.717) is 18.5 Å². The topological polar surface area (TPSA) is 81.3 Å². The second-order valence-electron chi connectivity index (χ2n) is 6.45. The van der Waals surface area contributed by atoms with Crippen molar-refractivity contribution < 1.29 is 4.52 Å². The molecule has 0 aliphatic carbocycles. The standard InChI is InChI=1S/C16H20N6O/c17-20-18-9-12-5-6-13-11-22(8-7-21(13)10-12)16-14-3-1-2-4-15(14)23-19-16/h1-4,12-13H,5-11H2/t12-,13+/m1/s1. The maximum absolute atomic E-state index is 8.48. The molecule has 4 rings (SSSR count). The first-order chi connectivity index (χ1) is 11.3. The number of para-hydroxylation sites is 1. The van der Waals surface area contributed by atoms with E-state index in [1.165, 1.54) is 0 Å². The van der Waals surface area contributed by atoms with Crippen LogP contribution in [0.25, 0.3) is 21.4 Å². The van der Waals surface area contributed by atoms with Crippen LogP contribution in [0.3, 0.4) is 0 Å². The third kappa shape index (κ3) is 2.73. The highest BCUT2D eigenvalue weighted by atomic mass is 16.5. The quantitative estimate of drug-likeness (QED) is 0.495. The van der Waals surface area contributed by atoms with Gasteiger partial charge in [0, 0.05) is 43.7 Å². The van der Waals surface area contributed by atoms with Gasteiger partial charge in [-0.15, -0.1) is 0 Å². The summed E-state index contributed by atoms with van der Waals surface area (Å²) in [6.45, 7) is 4.64. The van der Waals surface area contributed by atoms with Crippen molar-refractivity contribution in [2.45, 2.75) is 18.9 Å². The summed E-state index contributed by atoms with van der Waals surface area (Å²) in [6.07, 6.45) is 2.28. The Morgan fingerprint density at radius 1 is 1.26 bits per heavy atom. The molecule has 2 aliphatic rings. The fourth-order valence-corrected chi connectivity index (χ4v) is 3.85. The van der Waals surface area contributed by atoms with E-state index in [1.54, 1.807) is 0 Å². The van der Waals surface area contributed by atoms with Crippen LogP contribution in [0.1, 0.15) is 12.8 Å². The molecule has 0 radical (unpaired) electrons. The molecular formula is C16H20N6O. The van der Waals surface area contributed by atoms with E-state index in [4.69, 9.17) is 10.1 Å². The first-order valence-electron chi connectivity index (χ1n) is 8.19. The summed E-state index contributed by atoms with van der Waals surface area (Å²) in [5.41, 5.74) is 9.33. The van der Waals surface area contributed by atoms with Crippen molar-refractivity contribution in [2.24, 2.45) is 11.0 Å². The van der Waals surface area contributed by atoms with Gasteiger partial charge in [-0.2, -0.15) is 0 Å². The summed E-state index contributed by atoms with van der Waals surface area (Å²) in [5, 5.41) is 9.13. The van der Waals surface area contributed by atoms with Gasteiger partial charge in [0.05, 0.1) is 5.39 Å². The van der Waals surface area contributed by atoms with E-state index in [9.17, 15) is 0 Å². The number of hydrogen-bond donors (Lipinski definition) is 0. The Labute approximate surface area is 134 Å². The molecule has 1 aromatic carbocycles. The minimum absolute atomic E-state index is 0.501. The van der Waals surface area contributed by atoms with Crippen LogP contribution in [0.5, 0.6) is 0 Å². The molecule has 2 aliphatic heterocycles. The minimum atomic E-state index is 0.501. The zero-order valence-corrected chi connectivity index (χ0v) is 13.0. The number of piperazine rings is 1. The Bertz CT molecular complexity index is 737. The van der Waals surface area contributed by atoms with Crippen LogP contribution in [0.4, 0.5) is 5.82 Å². The average molecular weight is 312 g/mol. The van der Waals surface area contributed by atoms with Crippen LogP contribution in [0.15, 0.2) is 33.9 Å². The van der Waals surface area contributed by atoms with Gasteiger partial charge in [-0.25, -0.2) is 0 Å². The maximum atomic E-state index is 8.48. The minimum Gasteiger partial charge on any atom is -0.354 e. The number of azide groups is 1. The number of nitrogens with zero attached hydrogens (tertiary/aromatic N) is 6. The monoisotopic (exact) mass is 312 g/mol. The Hall–Kier alpha value is -2.24. The SMILES string of the molecule is [N-]=[N+]=NC[C@H]1CC[C@H]2CN(c3noc4ccccc34)CCN2C1. The van der Waals surface area contributed by atoms with Gasteiger partial charge in [-0.1, -0.05) is 22.4 Å². The largest absolute Gasteiger partial charge is 0.354 e. The highest BCUT2D eigenvalue weighted by molar-refractivity contribution is 5.88. The normalized spacial score (nSPS) is 25.1. The summed E-state index contributed by atoms with van der Waals surface area (Å²) >= 11 is 0. The van der Waals surface area contributed by atoms with E-state index in [2.05, 4.69) is 31.0 Å². The van der Waals surface area contributed by atoms with Gasteiger partial charge in [0.15, 0.2) is 11.4 Å². The van der Waals surface area contributed by atoms with Gasteiger partial charge < -0.3 is 9.42 Å². The number of aromatic nitrogens is 1. The molecule has 0 spiro atoms. The van der Waals surface area contributed by atoms with Crippen molar-refractivity contribution in [2.75, 3.05) is 37.6 Å². The molecule has 7 nitrogen and oxygen atoms in total. The summed E-state index contributed by atoms with van der Waals surface area (Å²) in [5.74, 6) is 1.47. The number of rotatable bonds is 3. The first kappa shape index (κ1) is 14.4. The number of hydrogen-bond acceptors (Lipinski definition) is 5. The molecule has 1 aromatic heterocycles. The van der Waals surface area contributed by atoms with Crippen molar-refractivity contribution in [3.8, 4) is 0 Å². The maximum Gasteiger partial charge on any atom is 0.180 e. The van der Waals surface area contributed by atoms with E-state index in [-0.39, 0.29) is 0 Å². The lowest BCUT2D eigenvalue weighted by atomic mass is 9.91. The molecule has 0 unspecified atom stereocenters. The molecule has 0 saturated carbocycles. The molecule has 23 heavy (non-hydrogen) atoms. The van der Waals surface area contributed by atoms with Crippen LogP contribution in [-0.2, 0) is 0 Å². The lowest BCUT2D eigenvalue weighted by Gasteiger charge is -2.46. The van der Waals surface area contributed by atoms with Crippen LogP contribution >= 0.6 is 0 Å². The van der Waals surface area contributed by atoms with Crippen molar-refractivity contribution in [3.63, 3.8) is 0 Å². The number of piperidine rings is 1. The smallest absolute Gasteiger partial charge is 0.180 e. The molecule has 2 aromatic rings. The highest BCUT2D eigenvalue weighted by Crippen LogP contribution is 2.31. The fraction of sp³-hybridized carbons (Fsp3) is 0.562. The Morgan fingerprint density at radius 2 is 2.17 bits per heavy atom. The van der Waals surface area contributed by atoms with Crippen LogP contribution in [0, 0.1) is 5.92 Å². The van der Waals surface area contributed by atoms with Crippen molar-refractivity contribution in [3.05, 3.63) is 34.7 Å². The van der Waals surface area contributed by atoms with E-state index in [1.807, 2.05) is 18.2 Å². The molecule has 2 fully saturated rings. The van der Waals surface area contributed by atoms with E-state index in [0.717, 1.165) is 55.8 Å². The lowest BCUT2D eigenvalue weighted by molar-refractivity contribution is 0.0981. The molecule has 0 N–H and O–H groups in total. The molecule has 120 valence electrons. The predicted octanol–water partition coefficient (Wildman–Crippen LogP) is 3.04. The third-order valence-corrected chi connectivity index (χ3v) is 5.07. The Morgan fingerprint density at radius 3 is 3.09 bits per heavy atom. The average Bonchev–Trinajstić information content (AvgIpc) is 3.03. The molecule has 7 heteroatoms. The van der Waals surface area contributed by atoms with Gasteiger partial charge in [-0.05, 0) is 36.4 Å². The molecule has 2 atom stereocenters. The lowest BCUT2D eigenvalue weighted by Crippen LogP contribution is -2.56. The highest BCUT2D eigenvalue weighted by Gasteiger charge is 2.33. The second kappa shape index (κ2) is 6.10. The van der Waals surface area contributed by atoms with Crippen molar-refractivity contribution in [1.82, 2.24) is 10.1 Å². The van der Waals surface area contributed by atoms with Crippen molar-refractivity contribution in [1.29, 1.82) is 0 Å². The summed E-state index contributed by atoms with van der Waals surface area (Å²) < 4.78 is 5.45. The zero-order chi connectivity index (χ0) is 15.6. The predicted molar refractivity (Wildman–Crippen MR) is 88.3 cm³/mol. The van der Waals surface area contributed by atoms with Crippen LogP contribution in [-0.4, -0.2) is 48.8 Å². The second-order valence-corrected chi connectivity index (χ2v) is 6.45. The first-order valence-corrected chi connectivity index (χ1v) is 8.19. The molecule has 3 heterocycles. The molecule has 0 amide bonds. The molecular weight excluding hydrogens is 292 g/mol. The molecule has 2 saturated heterocycles. The Kier molecular flexibility index (Phi) is 3.81. The van der Waals surface area contributed by atoms with Gasteiger partial charge >= 0.3 is 0 Å². The Balaban J connectivity index is 1.47. The van der Waals surface area contributed by atoms with Gasteiger partial charge in [0.1, 0.15) is 0 Å². The molecule has 0 bridgehead atoms. The fourth-order valence-electron chi connectivity index (χ4n) is 3.85. The van der Waals surface area contributed by atoms with Gasteiger partial charge in [-0.3, -0.25) is 4.90 Å². The number of fused-ring (bicyclic) bond motifs is 2.